The zero-order valence-electron chi connectivity index (χ0n) is 10.6. The van der Waals surface area contributed by atoms with Crippen molar-refractivity contribution < 1.29 is 19.0 Å². The number of hydrogen-bond donors (Lipinski definition) is 4. The molecule has 4 N–H and O–H groups in total. The zero-order chi connectivity index (χ0) is 13.9. The van der Waals surface area contributed by atoms with Crippen LogP contribution in [0.5, 0.6) is 5.75 Å². The second kappa shape index (κ2) is 5.49. The van der Waals surface area contributed by atoms with Crippen molar-refractivity contribution >= 4 is 5.69 Å². The summed E-state index contributed by atoms with van der Waals surface area (Å²) in [6, 6.07) is 1.32. The third kappa shape index (κ3) is 3.54. The molecule has 0 heterocycles. The molecule has 0 aliphatic carbocycles. The average Bonchev–Trinajstić information content (AvgIpc) is 2.27. The maximum Gasteiger partial charge on any atom is 0.202 e. The minimum absolute atomic E-state index is 0.0572. The van der Waals surface area contributed by atoms with E-state index in [-0.39, 0.29) is 24.3 Å². The quantitative estimate of drug-likeness (QED) is 0.607. The van der Waals surface area contributed by atoms with Gasteiger partial charge in [0.1, 0.15) is 0 Å². The Hall–Kier alpha value is -1.40. The number of aromatic hydroxyl groups is 1. The van der Waals surface area contributed by atoms with Gasteiger partial charge in [0.15, 0.2) is 11.6 Å². The molecule has 0 aromatic heterocycles. The van der Waals surface area contributed by atoms with E-state index >= 15 is 0 Å². The first-order valence-corrected chi connectivity index (χ1v) is 5.57. The van der Waals surface area contributed by atoms with Gasteiger partial charge >= 0.3 is 0 Å². The van der Waals surface area contributed by atoms with Gasteiger partial charge in [0.05, 0.1) is 11.3 Å². The van der Waals surface area contributed by atoms with Crippen LogP contribution in [0.25, 0.3) is 0 Å². The monoisotopic (exact) mass is 260 g/mol. The number of phenols is 1. The molecule has 0 radical (unpaired) electrons. The van der Waals surface area contributed by atoms with Crippen molar-refractivity contribution in [2.45, 2.75) is 26.0 Å². The molecule has 0 atom stereocenters. The largest absolute Gasteiger partial charge is 0.503 e. The lowest BCUT2D eigenvalue weighted by Crippen LogP contribution is -2.34. The molecular formula is C12H18F2N2O2. The van der Waals surface area contributed by atoms with Crippen LogP contribution < -0.4 is 10.6 Å². The summed E-state index contributed by atoms with van der Waals surface area (Å²) >= 11 is 0. The molecule has 0 spiro atoms. The first kappa shape index (κ1) is 14.7. The van der Waals surface area contributed by atoms with Gasteiger partial charge in [0.25, 0.3) is 0 Å². The van der Waals surface area contributed by atoms with Crippen LogP contribution in [0.1, 0.15) is 19.4 Å². The number of hydrogen-bond acceptors (Lipinski definition) is 4. The fourth-order valence-corrected chi connectivity index (χ4v) is 1.49. The minimum atomic E-state index is -1.28. The summed E-state index contributed by atoms with van der Waals surface area (Å²) in [7, 11) is 1.50. The Morgan fingerprint density at radius 1 is 1.28 bits per heavy atom. The van der Waals surface area contributed by atoms with Gasteiger partial charge in [-0.15, -0.1) is 0 Å². The van der Waals surface area contributed by atoms with Gasteiger partial charge in [-0.25, -0.2) is 4.39 Å². The Bertz CT molecular complexity index is 431. The number of rotatable bonds is 5. The molecule has 1 aromatic rings. The molecule has 1 aromatic carbocycles. The Morgan fingerprint density at radius 3 is 2.39 bits per heavy atom. The summed E-state index contributed by atoms with van der Waals surface area (Å²) < 4.78 is 26.9. The normalized spacial score (nSPS) is 11.7. The van der Waals surface area contributed by atoms with Crippen LogP contribution in [0.3, 0.4) is 0 Å². The molecule has 0 unspecified atom stereocenters. The first-order chi connectivity index (χ1) is 8.26. The van der Waals surface area contributed by atoms with Gasteiger partial charge in [-0.1, -0.05) is 0 Å². The highest BCUT2D eigenvalue weighted by Gasteiger charge is 2.18. The molecule has 0 bridgehead atoms. The van der Waals surface area contributed by atoms with E-state index in [1.807, 2.05) is 0 Å². The number of nitrogens with one attached hydrogen (secondary N) is 2. The fraction of sp³-hybridized carbons (Fsp3) is 0.500. The molecule has 0 saturated heterocycles. The number of halogens is 2. The minimum Gasteiger partial charge on any atom is -0.503 e. The van der Waals surface area contributed by atoms with Crippen LogP contribution in [0, 0.1) is 11.6 Å². The van der Waals surface area contributed by atoms with E-state index in [9.17, 15) is 19.0 Å². The van der Waals surface area contributed by atoms with Crippen LogP contribution >= 0.6 is 0 Å². The van der Waals surface area contributed by atoms with Gasteiger partial charge in [-0.3, -0.25) is 0 Å². The summed E-state index contributed by atoms with van der Waals surface area (Å²) in [4.78, 5) is 0. The van der Waals surface area contributed by atoms with Crippen LogP contribution in [-0.4, -0.2) is 29.4 Å². The zero-order valence-corrected chi connectivity index (χ0v) is 10.6. The van der Waals surface area contributed by atoms with Crippen LogP contribution in [-0.2, 0) is 6.54 Å². The van der Waals surface area contributed by atoms with Gasteiger partial charge in [0, 0.05) is 25.7 Å². The summed E-state index contributed by atoms with van der Waals surface area (Å²) in [6.45, 7) is 3.51. The van der Waals surface area contributed by atoms with E-state index < -0.39 is 23.0 Å². The molecule has 0 saturated carbocycles. The number of aliphatic hydroxyl groups is 1. The third-order valence-corrected chi connectivity index (χ3v) is 2.40. The molecule has 0 amide bonds. The van der Waals surface area contributed by atoms with E-state index in [0.717, 1.165) is 0 Å². The number of anilines is 1. The van der Waals surface area contributed by atoms with Crippen molar-refractivity contribution in [3.63, 3.8) is 0 Å². The second-order valence-electron chi connectivity index (χ2n) is 4.73. The van der Waals surface area contributed by atoms with Crippen molar-refractivity contribution in [3.8, 4) is 5.75 Å². The molecule has 4 nitrogen and oxygen atoms in total. The molecule has 0 aliphatic heterocycles. The molecule has 1 rings (SSSR count). The highest BCUT2D eigenvalue weighted by molar-refractivity contribution is 5.58. The van der Waals surface area contributed by atoms with Crippen LogP contribution in [0.2, 0.25) is 0 Å². The Balaban J connectivity index is 2.86. The lowest BCUT2D eigenvalue weighted by Gasteiger charge is -2.18. The summed E-state index contributed by atoms with van der Waals surface area (Å²) in [5, 5.41) is 24.2. The summed E-state index contributed by atoms with van der Waals surface area (Å²) in [5.74, 6) is -3.10. The predicted molar refractivity (Wildman–Crippen MR) is 65.6 cm³/mol. The van der Waals surface area contributed by atoms with E-state index in [4.69, 9.17) is 0 Å². The van der Waals surface area contributed by atoms with Gasteiger partial charge in [-0.2, -0.15) is 4.39 Å². The van der Waals surface area contributed by atoms with Crippen molar-refractivity contribution in [1.29, 1.82) is 0 Å². The maximum absolute atomic E-state index is 13.5. The van der Waals surface area contributed by atoms with Gasteiger partial charge < -0.3 is 20.8 Å². The van der Waals surface area contributed by atoms with Crippen molar-refractivity contribution in [2.75, 3.05) is 18.9 Å². The van der Waals surface area contributed by atoms with Crippen molar-refractivity contribution in [1.82, 2.24) is 5.32 Å². The topological polar surface area (TPSA) is 64.5 Å². The second-order valence-corrected chi connectivity index (χ2v) is 4.73. The molecule has 18 heavy (non-hydrogen) atoms. The van der Waals surface area contributed by atoms with Crippen molar-refractivity contribution in [3.05, 3.63) is 23.3 Å². The Morgan fingerprint density at radius 2 is 1.89 bits per heavy atom. The molecular weight excluding hydrogens is 242 g/mol. The predicted octanol–water partition coefficient (Wildman–Crippen LogP) is 1.57. The van der Waals surface area contributed by atoms with Gasteiger partial charge in [-0.05, 0) is 19.9 Å². The molecule has 0 aliphatic rings. The highest BCUT2D eigenvalue weighted by atomic mass is 19.2. The SMILES string of the molecule is CNc1cc(CNCC(C)(C)O)c(F)c(F)c1O. The van der Waals surface area contributed by atoms with E-state index in [1.54, 1.807) is 13.8 Å². The first-order valence-electron chi connectivity index (χ1n) is 5.57. The molecule has 6 heteroatoms. The Kier molecular flexibility index (Phi) is 4.48. The standard InChI is InChI=1S/C12H18F2N2O2/c1-12(2,18)6-16-5-7-4-8(15-3)11(17)10(14)9(7)13/h4,15-18H,5-6H2,1-3H3. The van der Waals surface area contributed by atoms with Crippen LogP contribution in [0.4, 0.5) is 14.5 Å². The molecule has 102 valence electrons. The van der Waals surface area contributed by atoms with Crippen molar-refractivity contribution in [2.24, 2.45) is 0 Å². The lowest BCUT2D eigenvalue weighted by molar-refractivity contribution is 0.0794. The number of phenolic OH excluding ortho intramolecular Hbond substituents is 1. The third-order valence-electron chi connectivity index (χ3n) is 2.40. The van der Waals surface area contributed by atoms with E-state index in [0.29, 0.717) is 0 Å². The smallest absolute Gasteiger partial charge is 0.202 e. The van der Waals surface area contributed by atoms with Crippen LogP contribution in [0.15, 0.2) is 6.07 Å². The summed E-state index contributed by atoms with van der Waals surface area (Å²) in [5.41, 5.74) is -0.731. The maximum atomic E-state index is 13.5. The summed E-state index contributed by atoms with van der Waals surface area (Å²) in [6.07, 6.45) is 0. The van der Waals surface area contributed by atoms with E-state index in [2.05, 4.69) is 10.6 Å². The Labute approximate surface area is 105 Å². The number of benzene rings is 1. The van der Waals surface area contributed by atoms with Gasteiger partial charge in [0.2, 0.25) is 5.82 Å². The lowest BCUT2D eigenvalue weighted by atomic mass is 10.1. The fourth-order valence-electron chi connectivity index (χ4n) is 1.49. The average molecular weight is 260 g/mol. The van der Waals surface area contributed by atoms with E-state index in [1.165, 1.54) is 13.1 Å². The molecule has 0 fully saturated rings. The highest BCUT2D eigenvalue weighted by Crippen LogP contribution is 2.30.